The van der Waals surface area contributed by atoms with Crippen LogP contribution in [0, 0.1) is 27.7 Å². The lowest BCUT2D eigenvalue weighted by Crippen LogP contribution is -2.51. The second-order valence-corrected chi connectivity index (χ2v) is 9.83. The number of anilines is 2. The van der Waals surface area contributed by atoms with Gasteiger partial charge in [-0.2, -0.15) is 4.99 Å². The number of hydrogen-bond donors (Lipinski definition) is 2. The van der Waals surface area contributed by atoms with E-state index in [1.165, 1.54) is 16.7 Å². The Hall–Kier alpha value is -3.62. The topological polar surface area (TPSA) is 68.7 Å². The number of aliphatic imine (C=N–C) groups is 1. The largest absolute Gasteiger partial charge is 0.340 e. The van der Waals surface area contributed by atoms with Gasteiger partial charge in [-0.25, -0.2) is 9.97 Å². The minimum atomic E-state index is 0.394. The first-order chi connectivity index (χ1) is 17.8. The van der Waals surface area contributed by atoms with Gasteiger partial charge in [0.25, 0.3) is 0 Å². The van der Waals surface area contributed by atoms with Crippen molar-refractivity contribution in [2.24, 2.45) is 4.99 Å². The fourth-order valence-corrected chi connectivity index (χ4v) is 4.60. The quantitative estimate of drug-likeness (QED) is 0.276. The first-order valence-electron chi connectivity index (χ1n) is 12.6. The lowest BCUT2D eigenvalue weighted by molar-refractivity contribution is 0.198. The van der Waals surface area contributed by atoms with Gasteiger partial charge in [-0.05, 0) is 74.8 Å². The van der Waals surface area contributed by atoms with Crippen LogP contribution in [0.1, 0.15) is 28.1 Å². The molecule has 0 amide bonds. The highest BCUT2D eigenvalue weighted by Crippen LogP contribution is 2.15. The average molecular weight is 514 g/mol. The summed E-state index contributed by atoms with van der Waals surface area (Å²) in [6, 6.07) is 18.6. The third-order valence-electron chi connectivity index (χ3n) is 6.03. The van der Waals surface area contributed by atoms with Gasteiger partial charge < -0.3 is 10.2 Å². The van der Waals surface area contributed by atoms with Crippen molar-refractivity contribution in [2.45, 2.75) is 27.7 Å². The van der Waals surface area contributed by atoms with E-state index in [1.54, 1.807) is 0 Å². The smallest absolute Gasteiger partial charge is 0.229 e. The molecule has 0 radical (unpaired) electrons. The van der Waals surface area contributed by atoms with Crippen LogP contribution >= 0.6 is 12.2 Å². The van der Waals surface area contributed by atoms with E-state index in [4.69, 9.17) is 17.2 Å². The summed E-state index contributed by atoms with van der Waals surface area (Å²) in [7, 11) is 0. The van der Waals surface area contributed by atoms with Crippen molar-refractivity contribution in [3.05, 3.63) is 88.8 Å². The molecule has 3 aromatic rings. The summed E-state index contributed by atoms with van der Waals surface area (Å²) in [4.78, 5) is 18.5. The number of hydrogen-bond acceptors (Lipinski definition) is 4. The maximum atomic E-state index is 5.64. The van der Waals surface area contributed by atoms with Crippen molar-refractivity contribution in [3.63, 3.8) is 0 Å². The number of aryl methyl sites for hydroxylation is 4. The average Bonchev–Trinajstić information content (AvgIpc) is 2.83. The highest BCUT2D eigenvalue weighted by molar-refractivity contribution is 7.80. The predicted octanol–water partition coefficient (Wildman–Crippen LogP) is 5.21. The lowest BCUT2D eigenvalue weighted by Gasteiger charge is -2.35. The number of nitrogens with zero attached hydrogens (tertiary/aromatic N) is 5. The first kappa shape index (κ1) is 26.4. The van der Waals surface area contributed by atoms with Crippen LogP contribution in [0.2, 0.25) is 0 Å². The molecule has 1 fully saturated rings. The van der Waals surface area contributed by atoms with E-state index in [-0.39, 0.29) is 0 Å². The number of piperazine rings is 1. The molecule has 2 N–H and O–H groups in total. The van der Waals surface area contributed by atoms with Crippen molar-refractivity contribution in [3.8, 4) is 0 Å². The third-order valence-corrected chi connectivity index (χ3v) is 6.22. The maximum absolute atomic E-state index is 5.64. The van der Waals surface area contributed by atoms with Crippen molar-refractivity contribution < 1.29 is 0 Å². The molecule has 7 nitrogen and oxygen atoms in total. The van der Waals surface area contributed by atoms with E-state index in [2.05, 4.69) is 98.9 Å². The normalized spacial score (nSPS) is 14.7. The Morgan fingerprint density at radius 1 is 0.892 bits per heavy atom. The summed E-state index contributed by atoms with van der Waals surface area (Å²) in [6.45, 7) is 12.5. The third kappa shape index (κ3) is 8.20. The Balaban J connectivity index is 1.45. The van der Waals surface area contributed by atoms with Gasteiger partial charge >= 0.3 is 0 Å². The number of rotatable bonds is 5. The Morgan fingerprint density at radius 3 is 2.19 bits per heavy atom. The molecule has 1 aliphatic heterocycles. The summed E-state index contributed by atoms with van der Waals surface area (Å²) in [5.74, 6) is 1.19. The van der Waals surface area contributed by atoms with Crippen molar-refractivity contribution in [1.29, 1.82) is 0 Å². The second kappa shape index (κ2) is 12.6. The van der Waals surface area contributed by atoms with Gasteiger partial charge in [0, 0.05) is 49.8 Å². The molecule has 1 aromatic heterocycles. The van der Waals surface area contributed by atoms with Gasteiger partial charge in [-0.15, -0.1) is 0 Å². The second-order valence-electron chi connectivity index (χ2n) is 9.44. The van der Waals surface area contributed by atoms with Crippen LogP contribution in [0.4, 0.5) is 11.6 Å². The van der Waals surface area contributed by atoms with Crippen molar-refractivity contribution in [2.75, 3.05) is 43.4 Å². The summed E-state index contributed by atoms with van der Waals surface area (Å²) in [6.07, 6.45) is 4.40. The van der Waals surface area contributed by atoms with Crippen LogP contribution in [0.25, 0.3) is 6.08 Å². The number of thiocarbonyl (C=S) groups is 1. The molecular formula is C29H35N7S. The van der Waals surface area contributed by atoms with Crippen molar-refractivity contribution >= 4 is 41.0 Å². The number of guanidine groups is 1. The molecule has 0 atom stereocenters. The van der Waals surface area contributed by atoms with Crippen molar-refractivity contribution in [1.82, 2.24) is 19.8 Å². The summed E-state index contributed by atoms with van der Waals surface area (Å²) < 4.78 is 0. The Bertz CT molecular complexity index is 1240. The van der Waals surface area contributed by atoms with Crippen LogP contribution in [0.15, 0.2) is 65.7 Å². The fourth-order valence-electron chi connectivity index (χ4n) is 4.40. The lowest BCUT2D eigenvalue weighted by atomic mass is 10.1. The molecule has 8 heteroatoms. The molecular weight excluding hydrogens is 478 g/mol. The van der Waals surface area contributed by atoms with Crippen LogP contribution in [0.5, 0.6) is 0 Å². The van der Waals surface area contributed by atoms with E-state index in [0.29, 0.717) is 17.0 Å². The number of benzene rings is 2. The molecule has 2 heterocycles. The van der Waals surface area contributed by atoms with E-state index >= 15 is 0 Å². The van der Waals surface area contributed by atoms with Crippen LogP contribution in [0.3, 0.4) is 0 Å². The fraction of sp³-hybridized carbons (Fsp3) is 0.310. The summed E-state index contributed by atoms with van der Waals surface area (Å²) in [5.41, 5.74) is 6.31. The molecule has 1 aliphatic rings. The zero-order valence-electron chi connectivity index (χ0n) is 22.0. The monoisotopic (exact) mass is 513 g/mol. The van der Waals surface area contributed by atoms with Crippen LogP contribution < -0.4 is 10.6 Å². The molecule has 37 heavy (non-hydrogen) atoms. The SMILES string of the molecule is Cc1cc(C)cc(NC(=S)/N=C(/Nc2nc(C)cc(C)n2)N2CCN(C/C=C/c3ccccc3)CC2)c1. The molecule has 0 aliphatic carbocycles. The van der Waals surface area contributed by atoms with Gasteiger partial charge in [-0.3, -0.25) is 10.2 Å². The Labute approximate surface area is 225 Å². The molecule has 0 saturated carbocycles. The number of nitrogens with one attached hydrogen (secondary N) is 2. The van der Waals surface area contributed by atoms with Crippen LogP contribution in [-0.2, 0) is 0 Å². The van der Waals surface area contributed by atoms with E-state index in [1.807, 2.05) is 26.0 Å². The van der Waals surface area contributed by atoms with E-state index in [0.717, 1.165) is 49.8 Å². The van der Waals surface area contributed by atoms with Gasteiger partial charge in [0.2, 0.25) is 17.0 Å². The maximum Gasteiger partial charge on any atom is 0.229 e. The molecule has 192 valence electrons. The molecule has 2 aromatic carbocycles. The highest BCUT2D eigenvalue weighted by atomic mass is 32.1. The molecule has 0 bridgehead atoms. The minimum Gasteiger partial charge on any atom is -0.340 e. The predicted molar refractivity (Wildman–Crippen MR) is 158 cm³/mol. The summed E-state index contributed by atoms with van der Waals surface area (Å²) >= 11 is 5.64. The Kier molecular flexibility index (Phi) is 8.98. The van der Waals surface area contributed by atoms with Gasteiger partial charge in [0.1, 0.15) is 0 Å². The van der Waals surface area contributed by atoms with Gasteiger partial charge in [-0.1, -0.05) is 48.6 Å². The van der Waals surface area contributed by atoms with Crippen LogP contribution in [-0.4, -0.2) is 63.6 Å². The highest BCUT2D eigenvalue weighted by Gasteiger charge is 2.21. The first-order valence-corrected chi connectivity index (χ1v) is 13.0. The molecule has 0 unspecified atom stereocenters. The van der Waals surface area contributed by atoms with E-state index in [9.17, 15) is 0 Å². The summed E-state index contributed by atoms with van der Waals surface area (Å²) in [5, 5.41) is 7.01. The zero-order valence-corrected chi connectivity index (χ0v) is 22.8. The standard InChI is InChI=1S/C29H35N7S/c1-21-17-22(2)19-26(18-21)32-29(37)34-28(33-27-30-23(3)20-24(4)31-27)36-15-13-35(14-16-36)12-8-11-25-9-6-5-7-10-25/h5-11,17-20H,12-16H2,1-4H3,(H2,30,31,32,33,34,37)/b11-8+. The molecule has 1 saturated heterocycles. The number of aromatic nitrogens is 2. The zero-order chi connectivity index (χ0) is 26.2. The van der Waals surface area contributed by atoms with Gasteiger partial charge in [0.05, 0.1) is 0 Å². The Morgan fingerprint density at radius 2 is 1.54 bits per heavy atom. The van der Waals surface area contributed by atoms with E-state index < -0.39 is 0 Å². The van der Waals surface area contributed by atoms with Gasteiger partial charge in [0.15, 0.2) is 0 Å². The molecule has 0 spiro atoms. The minimum absolute atomic E-state index is 0.394. The molecule has 4 rings (SSSR count).